The van der Waals surface area contributed by atoms with Crippen molar-refractivity contribution in [2.24, 2.45) is 5.92 Å². The van der Waals surface area contributed by atoms with Gasteiger partial charge in [0.15, 0.2) is 0 Å². The average Bonchev–Trinajstić information content (AvgIpc) is 3.02. The first-order valence-electron chi connectivity index (χ1n) is 7.14. The first-order chi connectivity index (χ1) is 9.76. The lowest BCUT2D eigenvalue weighted by atomic mass is 10.0. The molecule has 0 spiro atoms. The molecule has 1 saturated heterocycles. The third kappa shape index (κ3) is 2.50. The first kappa shape index (κ1) is 12.8. The van der Waals surface area contributed by atoms with Crippen molar-refractivity contribution >= 4 is 22.9 Å². The summed E-state index contributed by atoms with van der Waals surface area (Å²) in [4.78, 5) is 8.77. The Morgan fingerprint density at radius 1 is 1.35 bits per heavy atom. The highest BCUT2D eigenvalue weighted by Gasteiger charge is 2.28. The highest BCUT2D eigenvalue weighted by Crippen LogP contribution is 2.29. The summed E-state index contributed by atoms with van der Waals surface area (Å²) in [5.41, 5.74) is 1.37. The second kappa shape index (κ2) is 5.13. The maximum Gasteiger partial charge on any atom is 0.107 e. The molecule has 20 heavy (non-hydrogen) atoms. The SMILES string of the molecule is Clc1cnn(CC2CN(Cc3nc4c(s3)CCC4)C2)c1. The maximum absolute atomic E-state index is 5.88. The van der Waals surface area contributed by atoms with E-state index in [1.165, 1.54) is 34.8 Å². The lowest BCUT2D eigenvalue weighted by Gasteiger charge is -2.38. The van der Waals surface area contributed by atoms with Gasteiger partial charge in [0.1, 0.15) is 5.01 Å². The second-order valence-electron chi connectivity index (χ2n) is 5.77. The molecule has 0 amide bonds. The Morgan fingerprint density at radius 2 is 2.25 bits per heavy atom. The fraction of sp³-hybridized carbons (Fsp3) is 0.571. The van der Waals surface area contributed by atoms with Crippen LogP contribution in [0.15, 0.2) is 12.4 Å². The minimum atomic E-state index is 0.692. The molecule has 1 fully saturated rings. The number of nitrogens with zero attached hydrogens (tertiary/aromatic N) is 4. The molecule has 0 N–H and O–H groups in total. The van der Waals surface area contributed by atoms with Crippen LogP contribution in [-0.4, -0.2) is 32.8 Å². The molecular weight excluding hydrogens is 292 g/mol. The van der Waals surface area contributed by atoms with Crippen LogP contribution in [0.4, 0.5) is 0 Å². The highest BCUT2D eigenvalue weighted by atomic mass is 35.5. The summed E-state index contributed by atoms with van der Waals surface area (Å²) in [5.74, 6) is 0.692. The highest BCUT2D eigenvalue weighted by molar-refractivity contribution is 7.11. The zero-order valence-electron chi connectivity index (χ0n) is 11.3. The van der Waals surface area contributed by atoms with Crippen LogP contribution < -0.4 is 0 Å². The Morgan fingerprint density at radius 3 is 3.00 bits per heavy atom. The van der Waals surface area contributed by atoms with E-state index in [0.29, 0.717) is 5.92 Å². The minimum Gasteiger partial charge on any atom is -0.296 e. The molecule has 0 saturated carbocycles. The van der Waals surface area contributed by atoms with Crippen molar-refractivity contribution in [1.29, 1.82) is 0 Å². The van der Waals surface area contributed by atoms with Crippen LogP contribution in [0, 0.1) is 5.92 Å². The Balaban J connectivity index is 1.28. The van der Waals surface area contributed by atoms with Gasteiger partial charge < -0.3 is 0 Å². The fourth-order valence-electron chi connectivity index (χ4n) is 3.13. The normalized spacial score (nSPS) is 19.2. The summed E-state index contributed by atoms with van der Waals surface area (Å²) >= 11 is 7.80. The molecule has 1 aliphatic carbocycles. The van der Waals surface area contributed by atoms with Crippen LogP contribution in [0.5, 0.6) is 0 Å². The molecule has 2 aliphatic rings. The smallest absolute Gasteiger partial charge is 0.107 e. The quantitative estimate of drug-likeness (QED) is 0.870. The lowest BCUT2D eigenvalue weighted by Crippen LogP contribution is -2.47. The summed E-state index contributed by atoms with van der Waals surface area (Å²) in [7, 11) is 0. The van der Waals surface area contributed by atoms with Crippen molar-refractivity contribution in [1.82, 2.24) is 19.7 Å². The summed E-state index contributed by atoms with van der Waals surface area (Å²) < 4.78 is 1.95. The number of hydrogen-bond donors (Lipinski definition) is 0. The zero-order chi connectivity index (χ0) is 13.5. The van der Waals surface area contributed by atoms with Crippen molar-refractivity contribution in [3.63, 3.8) is 0 Å². The molecule has 4 rings (SSSR count). The summed E-state index contributed by atoms with van der Waals surface area (Å²) in [6.45, 7) is 4.27. The summed E-state index contributed by atoms with van der Waals surface area (Å²) in [6, 6.07) is 0. The average molecular weight is 309 g/mol. The number of halogens is 1. The number of aromatic nitrogens is 3. The van der Waals surface area contributed by atoms with E-state index in [1.54, 1.807) is 6.20 Å². The van der Waals surface area contributed by atoms with E-state index < -0.39 is 0 Å². The fourth-order valence-corrected chi connectivity index (χ4v) is 4.48. The van der Waals surface area contributed by atoms with E-state index in [4.69, 9.17) is 16.6 Å². The lowest BCUT2D eigenvalue weighted by molar-refractivity contribution is 0.0776. The van der Waals surface area contributed by atoms with Gasteiger partial charge in [-0.1, -0.05) is 11.6 Å². The number of aryl methyl sites for hydroxylation is 2. The van der Waals surface area contributed by atoms with Crippen LogP contribution in [-0.2, 0) is 25.9 Å². The number of fused-ring (bicyclic) bond motifs is 1. The van der Waals surface area contributed by atoms with Crippen molar-refractivity contribution in [2.75, 3.05) is 13.1 Å². The van der Waals surface area contributed by atoms with Crippen LogP contribution in [0.1, 0.15) is 22.0 Å². The van der Waals surface area contributed by atoms with E-state index in [9.17, 15) is 0 Å². The minimum absolute atomic E-state index is 0.692. The molecule has 1 aliphatic heterocycles. The number of thiazole rings is 1. The van der Waals surface area contributed by atoms with Crippen LogP contribution in [0.3, 0.4) is 0 Å². The molecule has 0 unspecified atom stereocenters. The van der Waals surface area contributed by atoms with Gasteiger partial charge in [0.05, 0.1) is 23.5 Å². The Hall–Kier alpha value is -0.910. The van der Waals surface area contributed by atoms with Crippen LogP contribution in [0.25, 0.3) is 0 Å². The van der Waals surface area contributed by atoms with Gasteiger partial charge in [-0.25, -0.2) is 4.98 Å². The summed E-state index contributed by atoms with van der Waals surface area (Å²) in [6.07, 6.45) is 7.33. The van der Waals surface area contributed by atoms with Gasteiger partial charge in [-0.2, -0.15) is 5.10 Å². The molecular formula is C14H17ClN4S. The third-order valence-corrected chi connectivity index (χ3v) is 5.42. The molecule has 2 aromatic heterocycles. The predicted octanol–water partition coefficient (Wildman–Crippen LogP) is 2.61. The Labute approximate surface area is 127 Å². The van der Waals surface area contributed by atoms with E-state index in [0.717, 1.165) is 31.2 Å². The van der Waals surface area contributed by atoms with Gasteiger partial charge in [0, 0.05) is 36.6 Å². The first-order valence-corrected chi connectivity index (χ1v) is 8.33. The number of likely N-dealkylation sites (tertiary alicyclic amines) is 1. The van der Waals surface area contributed by atoms with Gasteiger partial charge in [-0.3, -0.25) is 9.58 Å². The Kier molecular flexibility index (Phi) is 3.28. The van der Waals surface area contributed by atoms with Gasteiger partial charge in [0.25, 0.3) is 0 Å². The standard InChI is InChI=1S/C14H17ClN4S/c15-11-4-16-19(8-11)7-10-5-18(6-10)9-14-17-12-2-1-3-13(12)20-14/h4,8,10H,1-3,5-7,9H2. The molecule has 2 aromatic rings. The molecule has 4 nitrogen and oxygen atoms in total. The summed E-state index contributed by atoms with van der Waals surface area (Å²) in [5, 5.41) is 6.26. The van der Waals surface area contributed by atoms with Crippen LogP contribution >= 0.6 is 22.9 Å². The molecule has 0 atom stereocenters. The van der Waals surface area contributed by atoms with Crippen molar-refractivity contribution in [2.45, 2.75) is 32.4 Å². The molecule has 0 aromatic carbocycles. The Bertz CT molecular complexity index is 593. The van der Waals surface area contributed by atoms with Crippen LogP contribution in [0.2, 0.25) is 5.02 Å². The van der Waals surface area contributed by atoms with E-state index >= 15 is 0 Å². The van der Waals surface area contributed by atoms with E-state index in [1.807, 2.05) is 22.2 Å². The second-order valence-corrected chi connectivity index (χ2v) is 7.38. The van der Waals surface area contributed by atoms with Crippen molar-refractivity contribution in [3.05, 3.63) is 33.0 Å². The maximum atomic E-state index is 5.88. The zero-order valence-corrected chi connectivity index (χ0v) is 12.8. The van der Waals surface area contributed by atoms with Gasteiger partial charge in [-0.05, 0) is 19.3 Å². The molecule has 106 valence electrons. The largest absolute Gasteiger partial charge is 0.296 e. The van der Waals surface area contributed by atoms with Gasteiger partial charge in [0.2, 0.25) is 0 Å². The number of hydrogen-bond acceptors (Lipinski definition) is 4. The predicted molar refractivity (Wildman–Crippen MR) is 80.1 cm³/mol. The van der Waals surface area contributed by atoms with Crippen molar-refractivity contribution < 1.29 is 0 Å². The molecule has 0 radical (unpaired) electrons. The monoisotopic (exact) mass is 308 g/mol. The van der Waals surface area contributed by atoms with Gasteiger partial charge >= 0.3 is 0 Å². The van der Waals surface area contributed by atoms with E-state index in [-0.39, 0.29) is 0 Å². The number of rotatable bonds is 4. The van der Waals surface area contributed by atoms with Crippen molar-refractivity contribution in [3.8, 4) is 0 Å². The van der Waals surface area contributed by atoms with E-state index in [2.05, 4.69) is 10.00 Å². The third-order valence-electron chi connectivity index (χ3n) is 4.08. The molecule has 3 heterocycles. The molecule has 0 bridgehead atoms. The van der Waals surface area contributed by atoms with Gasteiger partial charge in [-0.15, -0.1) is 11.3 Å². The topological polar surface area (TPSA) is 34.0 Å². The molecule has 6 heteroatoms.